The van der Waals surface area contributed by atoms with Gasteiger partial charge in [-0.15, -0.1) is 23.2 Å². The Hall–Kier alpha value is -2.44. The maximum Gasteiger partial charge on any atom is 0.194 e. The number of ketones is 1. The molecule has 0 aliphatic heterocycles. The van der Waals surface area contributed by atoms with Gasteiger partial charge < -0.3 is 0 Å². The van der Waals surface area contributed by atoms with Gasteiger partial charge in [-0.25, -0.2) is 0 Å². The molecular weight excluding hydrogens is 467 g/mol. The van der Waals surface area contributed by atoms with Crippen LogP contribution in [0, 0.1) is 0 Å². The summed E-state index contributed by atoms with van der Waals surface area (Å²) in [6.45, 7) is 0. The highest BCUT2D eigenvalue weighted by Crippen LogP contribution is 2.35. The summed E-state index contributed by atoms with van der Waals surface area (Å²) in [5, 5.41) is 5.02. The topological polar surface area (TPSA) is 17.1 Å². The van der Waals surface area contributed by atoms with Crippen molar-refractivity contribution in [3.63, 3.8) is 0 Å². The van der Waals surface area contributed by atoms with E-state index in [2.05, 4.69) is 84.9 Å². The van der Waals surface area contributed by atoms with E-state index in [1.54, 1.807) is 0 Å². The highest BCUT2D eigenvalue weighted by atomic mass is 35.5. The number of carbonyl (C=O) groups is 1. The number of rotatable bonds is 6. The Morgan fingerprint density at radius 2 is 0.906 bits per heavy atom. The van der Waals surface area contributed by atoms with Gasteiger partial charge in [-0.3, -0.25) is 4.79 Å². The summed E-state index contributed by atoms with van der Waals surface area (Å²) in [6.07, 6.45) is 0. The van der Waals surface area contributed by atoms with Crippen LogP contribution in [0.3, 0.4) is 0 Å². The van der Waals surface area contributed by atoms with Crippen molar-refractivity contribution < 1.29 is 4.79 Å². The second-order valence-corrected chi connectivity index (χ2v) is 15.5. The van der Waals surface area contributed by atoms with Crippen molar-refractivity contribution in [1.29, 1.82) is 0 Å². The van der Waals surface area contributed by atoms with Crippen LogP contribution in [0.5, 0.6) is 0 Å². The number of halogens is 2. The van der Waals surface area contributed by atoms with Gasteiger partial charge in [0.2, 0.25) is 0 Å². The first-order valence-electron chi connectivity index (χ1n) is 10.8. The third kappa shape index (κ3) is 3.80. The number of hydrogen-bond acceptors (Lipinski definition) is 1. The summed E-state index contributed by atoms with van der Waals surface area (Å²) in [7, 11) is -3.12. The highest BCUT2D eigenvalue weighted by Gasteiger charge is 2.29. The zero-order chi connectivity index (χ0) is 22.1. The Morgan fingerprint density at radius 1 is 0.500 bits per heavy atom. The summed E-state index contributed by atoms with van der Waals surface area (Å²) in [5.74, 6) is 0.115. The van der Waals surface area contributed by atoms with Gasteiger partial charge in [-0.05, 0) is 11.1 Å². The van der Waals surface area contributed by atoms with Crippen molar-refractivity contribution in [2.24, 2.45) is 0 Å². The molecule has 0 aromatic heterocycles. The highest BCUT2D eigenvalue weighted by molar-refractivity contribution is 6.90. The Kier molecular flexibility index (Phi) is 6.16. The van der Waals surface area contributed by atoms with E-state index in [1.807, 2.05) is 12.1 Å². The number of hydrogen-bond donors (Lipinski definition) is 0. The minimum atomic E-state index is -1.56. The quantitative estimate of drug-likeness (QED) is 0.265. The lowest BCUT2D eigenvalue weighted by Crippen LogP contribution is -2.44. The van der Waals surface area contributed by atoms with Crippen molar-refractivity contribution in [3.8, 4) is 11.1 Å². The molecule has 5 heteroatoms. The molecule has 1 aliphatic rings. The number of carbonyl (C=O) groups excluding carboxylic acids is 1. The second-order valence-electron chi connectivity index (χ2n) is 8.17. The molecule has 0 bridgehead atoms. The Balaban J connectivity index is 1.52. The van der Waals surface area contributed by atoms with E-state index in [0.29, 0.717) is 11.0 Å². The van der Waals surface area contributed by atoms with Gasteiger partial charge in [0.25, 0.3) is 0 Å². The molecule has 158 valence electrons. The van der Waals surface area contributed by atoms with Crippen molar-refractivity contribution in [1.82, 2.24) is 0 Å². The molecule has 1 aliphatic carbocycles. The Bertz CT molecular complexity index is 1180. The van der Waals surface area contributed by atoms with E-state index in [9.17, 15) is 4.79 Å². The zero-order valence-electron chi connectivity index (χ0n) is 17.5. The molecule has 5 rings (SSSR count). The lowest BCUT2D eigenvalue weighted by molar-refractivity contribution is 0.104. The van der Waals surface area contributed by atoms with Crippen LogP contribution in [-0.4, -0.2) is 34.4 Å². The van der Waals surface area contributed by atoms with E-state index in [0.717, 1.165) is 22.3 Å². The van der Waals surface area contributed by atoms with Crippen molar-refractivity contribution >= 4 is 67.3 Å². The maximum absolute atomic E-state index is 13.5. The van der Waals surface area contributed by atoms with E-state index in [4.69, 9.17) is 23.2 Å². The van der Waals surface area contributed by atoms with Crippen LogP contribution in [-0.2, 0) is 0 Å². The van der Waals surface area contributed by atoms with Crippen LogP contribution < -0.4 is 20.7 Å². The summed E-state index contributed by atoms with van der Waals surface area (Å²) in [4.78, 5) is 13.5. The second kappa shape index (κ2) is 9.20. The Morgan fingerprint density at radius 3 is 1.28 bits per heavy atom. The lowest BCUT2D eigenvalue weighted by Gasteiger charge is -2.15. The molecule has 4 aromatic rings. The molecule has 2 atom stereocenters. The average Bonchev–Trinajstić information content (AvgIpc) is 3.13. The fraction of sp³-hybridized carbons (Fsp3) is 0.0741. The van der Waals surface area contributed by atoms with Gasteiger partial charge in [0.05, 0.1) is 0 Å². The van der Waals surface area contributed by atoms with Crippen LogP contribution in [0.25, 0.3) is 11.1 Å². The molecular formula is C27H22Cl2OSi2. The van der Waals surface area contributed by atoms with Crippen LogP contribution in [0.1, 0.15) is 15.9 Å². The summed E-state index contributed by atoms with van der Waals surface area (Å²) in [5.41, 5.74) is 4.87. The SMILES string of the molecule is O=C1c2cc([SiH](CCl)c3ccccc3)ccc2-c2ccc([SiH](CCl)c3ccccc3)cc21. The molecule has 0 heterocycles. The minimum absolute atomic E-state index is 0.115. The molecule has 0 radical (unpaired) electrons. The summed E-state index contributed by atoms with van der Waals surface area (Å²) < 4.78 is 0. The van der Waals surface area contributed by atoms with E-state index in [1.165, 1.54) is 20.7 Å². The van der Waals surface area contributed by atoms with Crippen LogP contribution >= 0.6 is 23.2 Å². The molecule has 4 aromatic carbocycles. The molecule has 0 saturated carbocycles. The number of fused-ring (bicyclic) bond motifs is 3. The van der Waals surface area contributed by atoms with Crippen LogP contribution in [0.15, 0.2) is 97.1 Å². The van der Waals surface area contributed by atoms with Crippen LogP contribution in [0.4, 0.5) is 0 Å². The zero-order valence-corrected chi connectivity index (χ0v) is 21.3. The van der Waals surface area contributed by atoms with Gasteiger partial charge in [0.1, 0.15) is 17.6 Å². The van der Waals surface area contributed by atoms with Gasteiger partial charge in [-0.2, -0.15) is 0 Å². The van der Waals surface area contributed by atoms with Crippen molar-refractivity contribution in [2.75, 3.05) is 11.0 Å². The molecule has 1 nitrogen and oxygen atoms in total. The maximum atomic E-state index is 13.5. The first-order chi connectivity index (χ1) is 15.7. The van der Waals surface area contributed by atoms with Gasteiger partial charge in [0.15, 0.2) is 5.78 Å². The molecule has 0 spiro atoms. The minimum Gasteiger partial charge on any atom is -0.289 e. The number of benzene rings is 4. The standard InChI is InChI=1S/C27H22Cl2OSi2/c28-17-31(19-7-3-1-4-8-19)21-11-13-23-24-14-12-22(16-26(24)27(30)25(23)15-21)32(18-29)20-9-5-2-6-10-20/h1-16,31-32H,17-18H2. The first kappa shape index (κ1) is 21.4. The Labute approximate surface area is 201 Å². The fourth-order valence-corrected chi connectivity index (χ4v) is 11.0. The normalized spacial score (nSPS) is 14.0. The predicted octanol–water partition coefficient (Wildman–Crippen LogP) is 3.14. The van der Waals surface area contributed by atoms with E-state index < -0.39 is 17.6 Å². The first-order valence-corrected chi connectivity index (χ1v) is 15.8. The van der Waals surface area contributed by atoms with Gasteiger partial charge >= 0.3 is 0 Å². The summed E-state index contributed by atoms with van der Waals surface area (Å²) in [6, 6.07) is 33.6. The molecule has 0 N–H and O–H groups in total. The largest absolute Gasteiger partial charge is 0.289 e. The van der Waals surface area contributed by atoms with Crippen LogP contribution in [0.2, 0.25) is 0 Å². The summed E-state index contributed by atoms with van der Waals surface area (Å²) >= 11 is 12.8. The average molecular weight is 490 g/mol. The molecule has 0 amide bonds. The van der Waals surface area contributed by atoms with E-state index in [-0.39, 0.29) is 5.78 Å². The lowest BCUT2D eigenvalue weighted by atomic mass is 10.1. The third-order valence-electron chi connectivity index (χ3n) is 6.38. The smallest absolute Gasteiger partial charge is 0.194 e. The van der Waals surface area contributed by atoms with Gasteiger partial charge in [-0.1, -0.05) is 118 Å². The molecule has 2 unspecified atom stereocenters. The van der Waals surface area contributed by atoms with E-state index >= 15 is 0 Å². The van der Waals surface area contributed by atoms with Crippen molar-refractivity contribution in [3.05, 3.63) is 108 Å². The van der Waals surface area contributed by atoms with Gasteiger partial charge in [0, 0.05) is 22.1 Å². The monoisotopic (exact) mass is 488 g/mol. The predicted molar refractivity (Wildman–Crippen MR) is 142 cm³/mol. The molecule has 0 fully saturated rings. The molecule has 32 heavy (non-hydrogen) atoms. The fourth-order valence-electron chi connectivity index (χ4n) is 4.66. The molecule has 0 saturated heterocycles. The van der Waals surface area contributed by atoms with Crippen molar-refractivity contribution in [2.45, 2.75) is 0 Å². The third-order valence-corrected chi connectivity index (χ3v) is 13.6. The number of alkyl halides is 2.